The highest BCUT2D eigenvalue weighted by Gasteiger charge is 2.11. The molecule has 7 heteroatoms. The van der Waals surface area contributed by atoms with Gasteiger partial charge in [-0.2, -0.15) is 0 Å². The monoisotopic (exact) mass is 328 g/mol. The Morgan fingerprint density at radius 3 is 2.50 bits per heavy atom. The third-order valence-corrected chi connectivity index (χ3v) is 3.77. The molecule has 3 rings (SSSR count). The average Bonchev–Trinajstić information content (AvgIpc) is 2.56. The van der Waals surface area contributed by atoms with E-state index in [1.54, 1.807) is 12.1 Å². The van der Waals surface area contributed by atoms with Crippen LogP contribution in [0.5, 0.6) is 0 Å². The first-order valence-corrected chi connectivity index (χ1v) is 7.20. The number of nitrogens with zero attached hydrogens (tertiary/aromatic N) is 1. The number of hydrogen-bond acceptors (Lipinski definition) is 3. The molecule has 1 aromatic heterocycles. The van der Waals surface area contributed by atoms with Crippen LogP contribution in [0.1, 0.15) is 15.9 Å². The van der Waals surface area contributed by atoms with Crippen LogP contribution in [0.4, 0.5) is 4.39 Å². The predicted molar refractivity (Wildman–Crippen MR) is 85.9 cm³/mol. The van der Waals surface area contributed by atoms with E-state index < -0.39 is 17.2 Å². The molecule has 0 radical (unpaired) electrons. The lowest BCUT2D eigenvalue weighted by molar-refractivity contribution is 0.0697. The van der Waals surface area contributed by atoms with Crippen LogP contribution in [0.25, 0.3) is 10.9 Å². The minimum absolute atomic E-state index is 0.0308. The molecule has 122 valence electrons. The Balaban J connectivity index is 2.00. The third kappa shape index (κ3) is 2.96. The zero-order valence-corrected chi connectivity index (χ0v) is 12.5. The standard InChI is InChI=1S/C17H13FN2O4/c18-12-4-1-10(2-5-12)7-8-20-15(21)13-9-11(16(22)23)3-6-14(13)19-17(20)24/h1-6,9H,7-8H2,(H,19,24)(H,22,23). The van der Waals surface area contributed by atoms with Crippen LogP contribution in [0.2, 0.25) is 0 Å². The van der Waals surface area contributed by atoms with Gasteiger partial charge in [-0.15, -0.1) is 0 Å². The number of carboxylic acid groups (broad SMARTS) is 1. The fourth-order valence-electron chi connectivity index (χ4n) is 2.48. The Labute approximate surface area is 134 Å². The van der Waals surface area contributed by atoms with Crippen LogP contribution in [0.15, 0.2) is 52.1 Å². The number of aromatic carboxylic acids is 1. The summed E-state index contributed by atoms with van der Waals surface area (Å²) in [4.78, 5) is 38.2. The lowest BCUT2D eigenvalue weighted by Gasteiger charge is -2.07. The SMILES string of the molecule is O=C(O)c1ccc2[nH]c(=O)n(CCc3ccc(F)cc3)c(=O)c2c1. The first-order chi connectivity index (χ1) is 11.5. The molecule has 3 aromatic rings. The van der Waals surface area contributed by atoms with E-state index in [4.69, 9.17) is 5.11 Å². The normalized spacial score (nSPS) is 10.9. The van der Waals surface area contributed by atoms with Crippen molar-refractivity contribution in [2.75, 3.05) is 0 Å². The zero-order valence-electron chi connectivity index (χ0n) is 12.5. The second-order valence-electron chi connectivity index (χ2n) is 5.33. The van der Waals surface area contributed by atoms with Gasteiger partial charge in [0.15, 0.2) is 0 Å². The number of nitrogens with one attached hydrogen (secondary N) is 1. The number of halogens is 1. The maximum absolute atomic E-state index is 12.9. The van der Waals surface area contributed by atoms with Crippen molar-refractivity contribution >= 4 is 16.9 Å². The fourth-order valence-corrected chi connectivity index (χ4v) is 2.48. The van der Waals surface area contributed by atoms with E-state index in [9.17, 15) is 18.8 Å². The molecule has 2 N–H and O–H groups in total. The summed E-state index contributed by atoms with van der Waals surface area (Å²) >= 11 is 0. The van der Waals surface area contributed by atoms with Gasteiger partial charge in [0.2, 0.25) is 0 Å². The van der Waals surface area contributed by atoms with Crippen molar-refractivity contribution in [3.05, 3.63) is 80.2 Å². The molecule has 2 aromatic carbocycles. The molecular weight excluding hydrogens is 315 g/mol. The molecule has 1 heterocycles. The predicted octanol–water partition coefficient (Wildman–Crippen LogP) is 1.77. The number of aryl methyl sites for hydroxylation is 1. The molecule has 6 nitrogen and oxygen atoms in total. The van der Waals surface area contributed by atoms with Crippen molar-refractivity contribution in [1.82, 2.24) is 9.55 Å². The molecule has 0 aliphatic rings. The van der Waals surface area contributed by atoms with Gasteiger partial charge in [0, 0.05) is 6.54 Å². The Morgan fingerprint density at radius 2 is 1.83 bits per heavy atom. The quantitative estimate of drug-likeness (QED) is 0.763. The van der Waals surface area contributed by atoms with Gasteiger partial charge in [0.25, 0.3) is 5.56 Å². The van der Waals surface area contributed by atoms with Crippen molar-refractivity contribution in [1.29, 1.82) is 0 Å². The molecule has 0 amide bonds. The molecule has 24 heavy (non-hydrogen) atoms. The van der Waals surface area contributed by atoms with Crippen molar-refractivity contribution in [3.63, 3.8) is 0 Å². The summed E-state index contributed by atoms with van der Waals surface area (Å²) < 4.78 is 13.9. The summed E-state index contributed by atoms with van der Waals surface area (Å²) in [6.45, 7) is 0.104. The number of hydrogen-bond donors (Lipinski definition) is 2. The van der Waals surface area contributed by atoms with Crippen LogP contribution in [0, 0.1) is 5.82 Å². The summed E-state index contributed by atoms with van der Waals surface area (Å²) in [6, 6.07) is 9.74. The molecule has 0 aliphatic heterocycles. The first-order valence-electron chi connectivity index (χ1n) is 7.20. The van der Waals surface area contributed by atoms with Gasteiger partial charge < -0.3 is 10.1 Å². The van der Waals surface area contributed by atoms with Crippen molar-refractivity contribution in [3.8, 4) is 0 Å². The largest absolute Gasteiger partial charge is 0.478 e. The van der Waals surface area contributed by atoms with E-state index in [2.05, 4.69) is 4.98 Å². The summed E-state index contributed by atoms with van der Waals surface area (Å²) in [5.41, 5.74) is -0.0940. The van der Waals surface area contributed by atoms with Crippen LogP contribution in [-0.2, 0) is 13.0 Å². The highest BCUT2D eigenvalue weighted by Crippen LogP contribution is 2.09. The number of carbonyl (C=O) groups is 1. The number of benzene rings is 2. The Morgan fingerprint density at radius 1 is 1.12 bits per heavy atom. The molecule has 0 aliphatic carbocycles. The van der Waals surface area contributed by atoms with Gasteiger partial charge in [0.1, 0.15) is 5.82 Å². The van der Waals surface area contributed by atoms with Crippen molar-refractivity contribution in [2.45, 2.75) is 13.0 Å². The molecule has 0 saturated heterocycles. The van der Waals surface area contributed by atoms with E-state index in [1.807, 2.05) is 0 Å². The van der Waals surface area contributed by atoms with Crippen LogP contribution in [-0.4, -0.2) is 20.6 Å². The second kappa shape index (κ2) is 6.11. The molecule has 0 atom stereocenters. The second-order valence-corrected chi connectivity index (χ2v) is 5.33. The van der Waals surface area contributed by atoms with E-state index in [0.29, 0.717) is 6.42 Å². The lowest BCUT2D eigenvalue weighted by Crippen LogP contribution is -2.35. The molecule has 0 spiro atoms. The van der Waals surface area contributed by atoms with Gasteiger partial charge in [0.05, 0.1) is 16.5 Å². The maximum Gasteiger partial charge on any atom is 0.335 e. The van der Waals surface area contributed by atoms with Crippen molar-refractivity contribution in [2.24, 2.45) is 0 Å². The smallest absolute Gasteiger partial charge is 0.335 e. The molecular formula is C17H13FN2O4. The van der Waals surface area contributed by atoms with Crippen LogP contribution < -0.4 is 11.2 Å². The number of H-pyrrole nitrogens is 1. The van der Waals surface area contributed by atoms with Crippen molar-refractivity contribution < 1.29 is 14.3 Å². The minimum atomic E-state index is -1.15. The van der Waals surface area contributed by atoms with Gasteiger partial charge >= 0.3 is 11.7 Å². The van der Waals surface area contributed by atoms with Crippen LogP contribution >= 0.6 is 0 Å². The van der Waals surface area contributed by atoms with Gasteiger partial charge in [-0.3, -0.25) is 9.36 Å². The van der Waals surface area contributed by atoms with Gasteiger partial charge in [-0.25, -0.2) is 14.0 Å². The molecule has 0 saturated carbocycles. The summed E-state index contributed by atoms with van der Waals surface area (Å²) in [5.74, 6) is -1.51. The first kappa shape index (κ1) is 15.7. The fraction of sp³-hybridized carbons (Fsp3) is 0.118. The van der Waals surface area contributed by atoms with E-state index in [0.717, 1.165) is 10.1 Å². The Hall–Kier alpha value is -3.22. The van der Waals surface area contributed by atoms with E-state index in [1.165, 1.54) is 30.3 Å². The minimum Gasteiger partial charge on any atom is -0.478 e. The summed E-state index contributed by atoms with van der Waals surface area (Å²) in [7, 11) is 0. The number of fused-ring (bicyclic) bond motifs is 1. The summed E-state index contributed by atoms with van der Waals surface area (Å²) in [5, 5.41) is 9.16. The number of carboxylic acids is 1. The molecule has 0 unspecified atom stereocenters. The topological polar surface area (TPSA) is 92.2 Å². The van der Waals surface area contributed by atoms with E-state index >= 15 is 0 Å². The third-order valence-electron chi connectivity index (χ3n) is 3.77. The van der Waals surface area contributed by atoms with Crippen LogP contribution in [0.3, 0.4) is 0 Å². The average molecular weight is 328 g/mol. The van der Waals surface area contributed by atoms with Gasteiger partial charge in [-0.05, 0) is 42.3 Å². The molecule has 0 bridgehead atoms. The highest BCUT2D eigenvalue weighted by molar-refractivity contribution is 5.92. The molecule has 0 fully saturated rings. The van der Waals surface area contributed by atoms with E-state index in [-0.39, 0.29) is 28.8 Å². The Bertz CT molecular complexity index is 1040. The number of aromatic amines is 1. The van der Waals surface area contributed by atoms with Gasteiger partial charge in [-0.1, -0.05) is 12.1 Å². The lowest BCUT2D eigenvalue weighted by atomic mass is 10.1. The summed E-state index contributed by atoms with van der Waals surface area (Å²) in [6.07, 6.45) is 0.368. The zero-order chi connectivity index (χ0) is 17.3. The highest BCUT2D eigenvalue weighted by atomic mass is 19.1. The maximum atomic E-state index is 12.9. The number of aromatic nitrogens is 2. The number of rotatable bonds is 4. The Kier molecular flexibility index (Phi) is 3.99.